The van der Waals surface area contributed by atoms with Gasteiger partial charge in [0.15, 0.2) is 0 Å². The predicted octanol–water partition coefficient (Wildman–Crippen LogP) is 5.97. The molecule has 4 rings (SSSR count). The summed E-state index contributed by atoms with van der Waals surface area (Å²) in [5.41, 5.74) is 0.976. The smallest absolute Gasteiger partial charge is 0.410 e. The molecule has 1 aromatic rings. The number of nitrogens with zero attached hydrogens (tertiary/aromatic N) is 2. The second-order valence-corrected chi connectivity index (χ2v) is 14.1. The van der Waals surface area contributed by atoms with Crippen molar-refractivity contribution >= 4 is 18.1 Å². The van der Waals surface area contributed by atoms with E-state index in [-0.39, 0.29) is 42.2 Å². The van der Waals surface area contributed by atoms with E-state index in [0.717, 1.165) is 56.4 Å². The second-order valence-electron chi connectivity index (χ2n) is 14.1. The Morgan fingerprint density at radius 2 is 1.95 bits per heavy atom. The molecule has 2 amide bonds. The number of allylic oxidation sites excluding steroid dienone is 1. The maximum Gasteiger partial charge on any atom is 0.410 e. The van der Waals surface area contributed by atoms with Gasteiger partial charge in [0.25, 0.3) is 5.91 Å². The Balaban J connectivity index is 1.47. The lowest BCUT2D eigenvalue weighted by molar-refractivity contribution is 0.00469. The van der Waals surface area contributed by atoms with Gasteiger partial charge in [0.1, 0.15) is 23.7 Å². The number of methoxy groups -OCH3 is 2. The van der Waals surface area contributed by atoms with E-state index in [1.54, 1.807) is 14.2 Å². The average molecular weight is 614 g/mol. The molecule has 3 aliphatic rings. The Morgan fingerprint density at radius 3 is 2.61 bits per heavy atom. The van der Waals surface area contributed by atoms with E-state index in [9.17, 15) is 9.59 Å². The zero-order valence-electron chi connectivity index (χ0n) is 28.0. The Morgan fingerprint density at radius 1 is 1.18 bits per heavy atom. The summed E-state index contributed by atoms with van der Waals surface area (Å²) >= 11 is 0. The van der Waals surface area contributed by atoms with Crippen molar-refractivity contribution in [3.05, 3.63) is 35.4 Å². The van der Waals surface area contributed by atoms with Gasteiger partial charge in [0.05, 0.1) is 7.11 Å². The summed E-state index contributed by atoms with van der Waals surface area (Å²) in [6.45, 7) is 13.5. The van der Waals surface area contributed by atoms with Crippen LogP contribution in [-0.4, -0.2) is 92.8 Å². The minimum atomic E-state index is -0.573. The van der Waals surface area contributed by atoms with Crippen LogP contribution in [0.2, 0.25) is 0 Å². The van der Waals surface area contributed by atoms with E-state index >= 15 is 0 Å². The van der Waals surface area contributed by atoms with E-state index in [4.69, 9.17) is 18.9 Å². The lowest BCUT2D eigenvalue weighted by Crippen LogP contribution is -2.51. The highest BCUT2D eigenvalue weighted by Gasteiger charge is 2.49. The number of benzene rings is 1. The van der Waals surface area contributed by atoms with Crippen molar-refractivity contribution in [3.8, 4) is 5.75 Å². The van der Waals surface area contributed by atoms with E-state index in [1.165, 1.54) is 0 Å². The third-order valence-corrected chi connectivity index (χ3v) is 8.48. The maximum atomic E-state index is 14.0. The molecule has 246 valence electrons. The topological polar surface area (TPSA) is 92.9 Å². The van der Waals surface area contributed by atoms with Gasteiger partial charge in [-0.25, -0.2) is 4.79 Å². The first kappa shape index (κ1) is 34.3. The molecule has 9 nitrogen and oxygen atoms in total. The predicted molar refractivity (Wildman–Crippen MR) is 173 cm³/mol. The molecule has 44 heavy (non-hydrogen) atoms. The lowest BCUT2D eigenvalue weighted by Gasteiger charge is -2.40. The number of piperidine rings is 1. The number of nitrogens with one attached hydrogen (secondary N) is 1. The number of epoxide rings is 1. The number of rotatable bonds is 15. The summed E-state index contributed by atoms with van der Waals surface area (Å²) in [6, 6.07) is 5.91. The van der Waals surface area contributed by atoms with Gasteiger partial charge in [-0.2, -0.15) is 0 Å². The van der Waals surface area contributed by atoms with Gasteiger partial charge >= 0.3 is 6.09 Å². The highest BCUT2D eigenvalue weighted by Crippen LogP contribution is 2.38. The maximum absolute atomic E-state index is 14.0. The van der Waals surface area contributed by atoms with Crippen LogP contribution < -0.4 is 10.1 Å². The van der Waals surface area contributed by atoms with Crippen LogP contribution in [0.5, 0.6) is 5.75 Å². The molecule has 0 bridgehead atoms. The molecule has 3 fully saturated rings. The summed E-state index contributed by atoms with van der Waals surface area (Å²) in [7, 11) is 3.36. The van der Waals surface area contributed by atoms with Crippen LogP contribution in [0.15, 0.2) is 24.3 Å². The summed E-state index contributed by atoms with van der Waals surface area (Å²) in [4.78, 5) is 31.2. The molecule has 0 spiro atoms. The molecule has 1 N–H and O–H groups in total. The number of ether oxygens (including phenoxy) is 4. The third kappa shape index (κ3) is 10.2. The lowest BCUT2D eigenvalue weighted by atomic mass is 9.86. The van der Waals surface area contributed by atoms with E-state index in [0.29, 0.717) is 37.7 Å². The summed E-state index contributed by atoms with van der Waals surface area (Å²) in [6.07, 6.45) is 9.77. The zero-order chi connectivity index (χ0) is 31.9. The van der Waals surface area contributed by atoms with E-state index < -0.39 is 5.60 Å². The Kier molecular flexibility index (Phi) is 12.1. The van der Waals surface area contributed by atoms with Gasteiger partial charge in [-0.1, -0.05) is 26.0 Å². The van der Waals surface area contributed by atoms with Gasteiger partial charge in [-0.15, -0.1) is 0 Å². The van der Waals surface area contributed by atoms with Gasteiger partial charge < -0.3 is 28.7 Å². The number of amides is 2. The number of likely N-dealkylation sites (tertiary alicyclic amines) is 1. The molecule has 0 aromatic heterocycles. The third-order valence-electron chi connectivity index (χ3n) is 8.48. The molecular weight excluding hydrogens is 558 g/mol. The minimum absolute atomic E-state index is 0.0272. The molecule has 9 heteroatoms. The fraction of sp³-hybridized carbons (Fsp3) is 0.714. The average Bonchev–Trinajstić information content (AvgIpc) is 3.90. The summed E-state index contributed by atoms with van der Waals surface area (Å²) < 4.78 is 22.6. The van der Waals surface area contributed by atoms with Crippen LogP contribution in [-0.2, 0) is 14.2 Å². The molecule has 0 radical (unpaired) electrons. The first-order valence-electron chi connectivity index (χ1n) is 16.5. The Labute approximate surface area is 264 Å². The molecule has 1 saturated carbocycles. The number of carbonyl (C=O) groups is 2. The molecule has 2 unspecified atom stereocenters. The quantitative estimate of drug-likeness (QED) is 0.192. The number of carbonyl (C=O) groups excluding carboxylic acids is 2. The van der Waals surface area contributed by atoms with Crippen molar-refractivity contribution in [1.29, 1.82) is 0 Å². The number of hydrogen-bond donors (Lipinski definition) is 1. The van der Waals surface area contributed by atoms with E-state index in [2.05, 4.69) is 25.2 Å². The van der Waals surface area contributed by atoms with Crippen molar-refractivity contribution < 1.29 is 28.5 Å². The summed E-state index contributed by atoms with van der Waals surface area (Å²) in [5.74, 6) is 1.72. The first-order valence-corrected chi connectivity index (χ1v) is 16.5. The van der Waals surface area contributed by atoms with Crippen molar-refractivity contribution in [3.63, 3.8) is 0 Å². The molecular formula is C35H55N3O6. The van der Waals surface area contributed by atoms with Crippen LogP contribution in [0.1, 0.15) is 89.1 Å². The number of hydrogen-bond acceptors (Lipinski definition) is 7. The first-order chi connectivity index (χ1) is 21.0. The Hall–Kier alpha value is -2.62. The number of unbranched alkanes of at least 4 members (excludes halogenated alkanes) is 1. The van der Waals surface area contributed by atoms with Crippen LogP contribution in [0, 0.1) is 17.8 Å². The second kappa shape index (κ2) is 15.6. The highest BCUT2D eigenvalue weighted by atomic mass is 16.6. The van der Waals surface area contributed by atoms with Gasteiger partial charge in [0, 0.05) is 56.4 Å². The Bertz CT molecular complexity index is 1130. The normalized spacial score (nSPS) is 23.7. The van der Waals surface area contributed by atoms with Crippen LogP contribution in [0.3, 0.4) is 0 Å². The SMILES string of the molecule is COCCC/C=C\c1cc(C(=O)N(C[C@H]2C[C@H](C3OC3NCCC(C)C)CN(C(=O)OC(C)(C)C)C2)C2CC2)ccc1OC. The highest BCUT2D eigenvalue weighted by molar-refractivity contribution is 5.95. The largest absolute Gasteiger partial charge is 0.496 e. The van der Waals surface area contributed by atoms with Crippen molar-refractivity contribution in [1.82, 2.24) is 15.1 Å². The monoisotopic (exact) mass is 613 g/mol. The van der Waals surface area contributed by atoms with Crippen molar-refractivity contribution in [2.24, 2.45) is 17.8 Å². The zero-order valence-corrected chi connectivity index (χ0v) is 28.0. The molecule has 4 atom stereocenters. The van der Waals surface area contributed by atoms with Crippen molar-refractivity contribution in [2.45, 2.75) is 97.1 Å². The molecule has 2 saturated heterocycles. The fourth-order valence-corrected chi connectivity index (χ4v) is 6.03. The van der Waals surface area contributed by atoms with E-state index in [1.807, 2.05) is 54.8 Å². The van der Waals surface area contributed by atoms with Gasteiger partial charge in [-0.3, -0.25) is 10.1 Å². The van der Waals surface area contributed by atoms with Crippen molar-refractivity contribution in [2.75, 3.05) is 47.0 Å². The molecule has 2 heterocycles. The fourth-order valence-electron chi connectivity index (χ4n) is 6.03. The van der Waals surface area contributed by atoms with Crippen LogP contribution >= 0.6 is 0 Å². The molecule has 1 aromatic carbocycles. The molecule has 2 aliphatic heterocycles. The molecule has 1 aliphatic carbocycles. The summed E-state index contributed by atoms with van der Waals surface area (Å²) in [5, 5.41) is 3.54. The van der Waals surface area contributed by atoms with Gasteiger partial charge in [0.2, 0.25) is 0 Å². The minimum Gasteiger partial charge on any atom is -0.496 e. The van der Waals surface area contributed by atoms with Crippen LogP contribution in [0.4, 0.5) is 4.79 Å². The van der Waals surface area contributed by atoms with Crippen LogP contribution in [0.25, 0.3) is 6.08 Å². The standard InChI is InChI=1S/C35H55N3O6/c1-24(2)16-17-36-32-31(43-32)28-19-25(21-37(23-28)34(40)44-35(3,4)5)22-38(29-13-14-29)33(39)27-12-15-30(42-7)26(20-27)11-9-8-10-18-41-6/h9,11-12,15,20,24-25,28-29,31-32,36H,8,10,13-14,16-19,21-23H2,1-7H3/b11-9-/t25-,28-,31?,32?/m0/s1. The van der Waals surface area contributed by atoms with Gasteiger partial charge in [-0.05, 0) is 95.9 Å².